The van der Waals surface area contributed by atoms with Crippen molar-refractivity contribution in [1.82, 2.24) is 15.5 Å². The van der Waals surface area contributed by atoms with Crippen LogP contribution >= 0.6 is 12.4 Å². The Balaban J connectivity index is 0.00000128. The number of rotatable bonds is 2. The van der Waals surface area contributed by atoms with Crippen molar-refractivity contribution < 1.29 is 9.53 Å². The Morgan fingerprint density at radius 3 is 2.81 bits per heavy atom. The normalized spacial score (nSPS) is 16.6. The molecule has 0 bridgehead atoms. The summed E-state index contributed by atoms with van der Waals surface area (Å²) in [6, 6.07) is 1.79. The minimum absolute atomic E-state index is 0. The predicted octanol–water partition coefficient (Wildman–Crippen LogP) is 1.09. The number of H-pyrrole nitrogens is 1. The van der Waals surface area contributed by atoms with Crippen LogP contribution in [0, 0.1) is 0 Å². The number of methoxy groups -OCH3 is 1. The molecule has 1 aromatic rings. The number of piperidine rings is 1. The number of ether oxygens (including phenoxy) is 1. The van der Waals surface area contributed by atoms with Crippen LogP contribution in [0.5, 0.6) is 0 Å². The van der Waals surface area contributed by atoms with E-state index in [0.717, 1.165) is 31.6 Å². The Hall–Kier alpha value is -1.07. The average molecular weight is 246 g/mol. The summed E-state index contributed by atoms with van der Waals surface area (Å²) in [7, 11) is 1.36. The van der Waals surface area contributed by atoms with Gasteiger partial charge in [0, 0.05) is 11.6 Å². The first-order chi connectivity index (χ1) is 7.31. The third-order valence-electron chi connectivity index (χ3n) is 2.77. The van der Waals surface area contributed by atoms with E-state index in [0.29, 0.717) is 11.6 Å². The van der Waals surface area contributed by atoms with Gasteiger partial charge in [-0.1, -0.05) is 0 Å². The Bertz CT molecular complexity index is 348. The van der Waals surface area contributed by atoms with Crippen molar-refractivity contribution in [2.75, 3.05) is 20.2 Å². The average Bonchev–Trinajstić information content (AvgIpc) is 2.78. The van der Waals surface area contributed by atoms with Crippen LogP contribution < -0.4 is 5.32 Å². The molecule has 0 saturated carbocycles. The van der Waals surface area contributed by atoms with E-state index >= 15 is 0 Å². The number of hydrogen-bond donors (Lipinski definition) is 2. The van der Waals surface area contributed by atoms with Gasteiger partial charge in [0.1, 0.15) is 0 Å². The van der Waals surface area contributed by atoms with Crippen LogP contribution in [0.15, 0.2) is 6.07 Å². The number of halogens is 1. The smallest absolute Gasteiger partial charge is 0.358 e. The van der Waals surface area contributed by atoms with E-state index in [9.17, 15) is 4.79 Å². The lowest BCUT2D eigenvalue weighted by molar-refractivity contribution is 0.0594. The molecule has 5 nitrogen and oxygen atoms in total. The molecular formula is C10H16ClN3O2. The summed E-state index contributed by atoms with van der Waals surface area (Å²) in [6.45, 7) is 2.05. The molecule has 16 heavy (non-hydrogen) atoms. The summed E-state index contributed by atoms with van der Waals surface area (Å²) < 4.78 is 4.60. The van der Waals surface area contributed by atoms with Crippen LogP contribution in [-0.4, -0.2) is 36.4 Å². The maximum Gasteiger partial charge on any atom is 0.358 e. The van der Waals surface area contributed by atoms with Crippen molar-refractivity contribution >= 4 is 18.4 Å². The summed E-state index contributed by atoms with van der Waals surface area (Å²) in [4.78, 5) is 11.2. The van der Waals surface area contributed by atoms with Gasteiger partial charge in [-0.3, -0.25) is 5.10 Å². The summed E-state index contributed by atoms with van der Waals surface area (Å²) in [5, 5.41) is 10.2. The molecule has 0 spiro atoms. The van der Waals surface area contributed by atoms with Gasteiger partial charge >= 0.3 is 5.97 Å². The van der Waals surface area contributed by atoms with Gasteiger partial charge in [-0.15, -0.1) is 12.4 Å². The third-order valence-corrected chi connectivity index (χ3v) is 2.77. The first-order valence-electron chi connectivity index (χ1n) is 5.15. The maximum absolute atomic E-state index is 11.2. The van der Waals surface area contributed by atoms with Gasteiger partial charge in [-0.2, -0.15) is 5.10 Å². The topological polar surface area (TPSA) is 67.0 Å². The zero-order chi connectivity index (χ0) is 10.7. The summed E-state index contributed by atoms with van der Waals surface area (Å²) in [5.41, 5.74) is 1.41. The Labute approximate surface area is 100 Å². The van der Waals surface area contributed by atoms with E-state index in [1.807, 2.05) is 0 Å². The molecule has 0 unspecified atom stereocenters. The number of carbonyl (C=O) groups is 1. The standard InChI is InChI=1S/C10H15N3O2.ClH/c1-15-10(14)9-6-8(12-13-9)7-2-4-11-5-3-7;/h6-7,11H,2-5H2,1H3,(H,12,13);1H. The Kier molecular flexibility index (Phi) is 4.76. The van der Waals surface area contributed by atoms with Crippen LogP contribution in [0.25, 0.3) is 0 Å². The monoisotopic (exact) mass is 245 g/mol. The lowest BCUT2D eigenvalue weighted by Crippen LogP contribution is -2.26. The van der Waals surface area contributed by atoms with E-state index in [2.05, 4.69) is 20.3 Å². The number of aromatic nitrogens is 2. The lowest BCUT2D eigenvalue weighted by atomic mass is 9.95. The highest BCUT2D eigenvalue weighted by atomic mass is 35.5. The zero-order valence-corrected chi connectivity index (χ0v) is 9.97. The number of esters is 1. The summed E-state index contributed by atoms with van der Waals surface area (Å²) in [6.07, 6.45) is 2.17. The van der Waals surface area contributed by atoms with Gasteiger partial charge in [0.2, 0.25) is 0 Å². The fourth-order valence-electron chi connectivity index (χ4n) is 1.89. The van der Waals surface area contributed by atoms with Gasteiger partial charge in [0.25, 0.3) is 0 Å². The predicted molar refractivity (Wildman–Crippen MR) is 62.0 cm³/mol. The van der Waals surface area contributed by atoms with Crippen LogP contribution in [0.4, 0.5) is 0 Å². The molecule has 1 saturated heterocycles. The maximum atomic E-state index is 11.2. The van der Waals surface area contributed by atoms with Crippen molar-refractivity contribution in [3.05, 3.63) is 17.5 Å². The number of hydrogen-bond acceptors (Lipinski definition) is 4. The highest BCUT2D eigenvalue weighted by Crippen LogP contribution is 2.23. The van der Waals surface area contributed by atoms with Crippen molar-refractivity contribution in [3.8, 4) is 0 Å². The number of nitrogens with one attached hydrogen (secondary N) is 2. The van der Waals surface area contributed by atoms with E-state index in [-0.39, 0.29) is 18.4 Å². The van der Waals surface area contributed by atoms with Crippen molar-refractivity contribution in [2.45, 2.75) is 18.8 Å². The van der Waals surface area contributed by atoms with Crippen molar-refractivity contribution in [3.63, 3.8) is 0 Å². The molecule has 2 rings (SSSR count). The minimum Gasteiger partial charge on any atom is -0.464 e. The first kappa shape index (κ1) is 13.0. The van der Waals surface area contributed by atoms with Gasteiger partial charge in [-0.05, 0) is 32.0 Å². The highest BCUT2D eigenvalue weighted by Gasteiger charge is 2.19. The summed E-state index contributed by atoms with van der Waals surface area (Å²) >= 11 is 0. The van der Waals surface area contributed by atoms with Gasteiger partial charge in [0.15, 0.2) is 5.69 Å². The second-order valence-electron chi connectivity index (χ2n) is 3.72. The fraction of sp³-hybridized carbons (Fsp3) is 0.600. The van der Waals surface area contributed by atoms with E-state index in [4.69, 9.17) is 0 Å². The van der Waals surface area contributed by atoms with Gasteiger partial charge < -0.3 is 10.1 Å². The van der Waals surface area contributed by atoms with Crippen LogP contribution in [0.2, 0.25) is 0 Å². The molecule has 90 valence electrons. The summed E-state index contributed by atoms with van der Waals surface area (Å²) in [5.74, 6) is 0.101. The van der Waals surface area contributed by atoms with Crippen LogP contribution in [-0.2, 0) is 4.74 Å². The number of aromatic amines is 1. The molecule has 2 heterocycles. The molecule has 0 amide bonds. The van der Waals surface area contributed by atoms with Crippen molar-refractivity contribution in [2.24, 2.45) is 0 Å². The first-order valence-corrected chi connectivity index (χ1v) is 5.15. The molecule has 1 aliphatic rings. The van der Waals surface area contributed by atoms with E-state index in [1.54, 1.807) is 6.07 Å². The van der Waals surface area contributed by atoms with Crippen molar-refractivity contribution in [1.29, 1.82) is 0 Å². The number of nitrogens with zero attached hydrogens (tertiary/aromatic N) is 1. The quantitative estimate of drug-likeness (QED) is 0.766. The zero-order valence-electron chi connectivity index (χ0n) is 9.16. The van der Waals surface area contributed by atoms with Gasteiger partial charge in [-0.25, -0.2) is 4.79 Å². The van der Waals surface area contributed by atoms with E-state index in [1.165, 1.54) is 7.11 Å². The molecule has 0 aliphatic carbocycles. The molecule has 6 heteroatoms. The third kappa shape index (κ3) is 2.74. The van der Waals surface area contributed by atoms with E-state index < -0.39 is 0 Å². The Morgan fingerprint density at radius 1 is 1.50 bits per heavy atom. The largest absolute Gasteiger partial charge is 0.464 e. The molecule has 1 fully saturated rings. The molecular weight excluding hydrogens is 230 g/mol. The highest BCUT2D eigenvalue weighted by molar-refractivity contribution is 5.87. The Morgan fingerprint density at radius 2 is 2.19 bits per heavy atom. The lowest BCUT2D eigenvalue weighted by Gasteiger charge is -2.20. The van der Waals surface area contributed by atoms with Gasteiger partial charge in [0.05, 0.1) is 7.11 Å². The molecule has 1 aromatic heterocycles. The molecule has 1 aliphatic heterocycles. The second kappa shape index (κ2) is 5.86. The molecule has 0 radical (unpaired) electrons. The molecule has 2 N–H and O–H groups in total. The number of carbonyl (C=O) groups excluding carboxylic acids is 1. The SMILES string of the molecule is COC(=O)c1cc(C2CCNCC2)[nH]n1.Cl. The molecule has 0 aromatic carbocycles. The fourth-order valence-corrected chi connectivity index (χ4v) is 1.89. The second-order valence-corrected chi connectivity index (χ2v) is 3.72. The minimum atomic E-state index is -0.383. The molecule has 0 atom stereocenters. The van der Waals surface area contributed by atoms with Crippen LogP contribution in [0.1, 0.15) is 34.9 Å². The van der Waals surface area contributed by atoms with Crippen LogP contribution in [0.3, 0.4) is 0 Å².